The minimum absolute atomic E-state index is 0.0306. The van der Waals surface area contributed by atoms with Gasteiger partial charge in [0, 0.05) is 11.1 Å². The van der Waals surface area contributed by atoms with Gasteiger partial charge in [0.2, 0.25) is 0 Å². The minimum atomic E-state index is -0.0306. The van der Waals surface area contributed by atoms with E-state index in [9.17, 15) is 0 Å². The number of hydrogen-bond acceptors (Lipinski definition) is 2. The Morgan fingerprint density at radius 3 is 1.85 bits per heavy atom. The van der Waals surface area contributed by atoms with Crippen molar-refractivity contribution in [1.82, 2.24) is 5.32 Å². The molecular formula is C38H29BN2. The Balaban J connectivity index is 1.37. The van der Waals surface area contributed by atoms with Crippen LogP contribution < -0.4 is 10.8 Å². The lowest BCUT2D eigenvalue weighted by atomic mass is 9.90. The molecule has 0 saturated heterocycles. The number of amidine groups is 1. The highest BCUT2D eigenvalue weighted by Gasteiger charge is 2.21. The molecule has 1 aliphatic heterocycles. The summed E-state index contributed by atoms with van der Waals surface area (Å²) >= 11 is 0. The molecule has 0 fully saturated rings. The van der Waals surface area contributed by atoms with Crippen LogP contribution in [0.4, 0.5) is 0 Å². The van der Waals surface area contributed by atoms with E-state index < -0.39 is 0 Å². The van der Waals surface area contributed by atoms with E-state index in [4.69, 9.17) is 4.99 Å². The first-order chi connectivity index (χ1) is 20.2. The smallest absolute Gasteiger partial charge is 0.139 e. The Bertz CT molecular complexity index is 1910. The SMILES string of the molecule is Bc1ccc(-c2ccc(C3=CC(c4cccc(-c5ccccc5)c4)NC(c4ccccc4)=N3)c3ccccc23)cc1. The maximum atomic E-state index is 5.21. The van der Waals surface area contributed by atoms with E-state index in [1.54, 1.807) is 0 Å². The van der Waals surface area contributed by atoms with E-state index in [1.165, 1.54) is 44.1 Å². The van der Waals surface area contributed by atoms with Gasteiger partial charge >= 0.3 is 0 Å². The molecule has 194 valence electrons. The predicted molar refractivity (Wildman–Crippen MR) is 176 cm³/mol. The summed E-state index contributed by atoms with van der Waals surface area (Å²) in [5.74, 6) is 0.880. The van der Waals surface area contributed by atoms with Crippen molar-refractivity contribution >= 4 is 35.6 Å². The Labute approximate surface area is 242 Å². The summed E-state index contributed by atoms with van der Waals surface area (Å²) < 4.78 is 0. The summed E-state index contributed by atoms with van der Waals surface area (Å²) in [4.78, 5) is 5.21. The van der Waals surface area contributed by atoms with Crippen molar-refractivity contribution in [3.63, 3.8) is 0 Å². The monoisotopic (exact) mass is 524 g/mol. The maximum Gasteiger partial charge on any atom is 0.139 e. The largest absolute Gasteiger partial charge is 0.359 e. The van der Waals surface area contributed by atoms with Crippen LogP contribution in [0.5, 0.6) is 0 Å². The molecule has 6 aromatic rings. The second-order valence-corrected chi connectivity index (χ2v) is 10.6. The number of nitrogens with zero attached hydrogens (tertiary/aromatic N) is 1. The molecular weight excluding hydrogens is 495 g/mol. The molecule has 1 unspecified atom stereocenters. The first-order valence-corrected chi connectivity index (χ1v) is 14.1. The van der Waals surface area contributed by atoms with Crippen molar-refractivity contribution in [3.8, 4) is 22.3 Å². The van der Waals surface area contributed by atoms with Crippen molar-refractivity contribution in [2.24, 2.45) is 4.99 Å². The van der Waals surface area contributed by atoms with Crippen LogP contribution >= 0.6 is 0 Å². The highest BCUT2D eigenvalue weighted by atomic mass is 15.0. The van der Waals surface area contributed by atoms with Gasteiger partial charge in [0.1, 0.15) is 13.7 Å². The fraction of sp³-hybridized carbons (Fsp3) is 0.0263. The maximum absolute atomic E-state index is 5.21. The van der Waals surface area contributed by atoms with Crippen molar-refractivity contribution in [2.45, 2.75) is 6.04 Å². The summed E-state index contributed by atoms with van der Waals surface area (Å²) in [7, 11) is 2.13. The second-order valence-electron chi connectivity index (χ2n) is 10.6. The van der Waals surface area contributed by atoms with Crippen LogP contribution in [0.25, 0.3) is 38.7 Å². The van der Waals surface area contributed by atoms with Gasteiger partial charge in [0.05, 0.1) is 11.7 Å². The molecule has 0 spiro atoms. The number of fused-ring (bicyclic) bond motifs is 1. The van der Waals surface area contributed by atoms with Crippen LogP contribution in [-0.2, 0) is 0 Å². The summed E-state index contributed by atoms with van der Waals surface area (Å²) in [5, 5.41) is 6.16. The highest BCUT2D eigenvalue weighted by Crippen LogP contribution is 2.37. The molecule has 2 nitrogen and oxygen atoms in total. The normalized spacial score (nSPS) is 14.7. The molecule has 3 heteroatoms. The number of benzene rings is 6. The Kier molecular flexibility index (Phi) is 6.54. The van der Waals surface area contributed by atoms with Crippen LogP contribution in [0, 0.1) is 0 Å². The fourth-order valence-corrected chi connectivity index (χ4v) is 5.66. The highest BCUT2D eigenvalue weighted by molar-refractivity contribution is 6.32. The molecule has 0 radical (unpaired) electrons. The van der Waals surface area contributed by atoms with Crippen LogP contribution in [0.2, 0.25) is 0 Å². The van der Waals surface area contributed by atoms with E-state index in [2.05, 4.69) is 159 Å². The molecule has 1 aliphatic rings. The number of nitrogens with one attached hydrogen (secondary N) is 1. The molecule has 0 aliphatic carbocycles. The van der Waals surface area contributed by atoms with Crippen LogP contribution in [0.3, 0.4) is 0 Å². The zero-order valence-electron chi connectivity index (χ0n) is 23.0. The summed E-state index contributed by atoms with van der Waals surface area (Å²) in [5.41, 5.74) is 10.5. The quantitative estimate of drug-likeness (QED) is 0.231. The van der Waals surface area contributed by atoms with Crippen LogP contribution in [0.15, 0.2) is 157 Å². The molecule has 0 bridgehead atoms. The van der Waals surface area contributed by atoms with Gasteiger partial charge in [-0.15, -0.1) is 0 Å². The standard InChI is InChI=1S/C38H29BN2/c39-31-20-18-27(19-21-31)32-22-23-35(34-17-8-7-16-33(32)34)37-25-36(40-38(41-37)28-12-5-2-6-13-28)30-15-9-14-29(24-30)26-10-3-1-4-11-26/h1-25,36H,39H2,(H,40,41). The third kappa shape index (κ3) is 4.99. The predicted octanol–water partition coefficient (Wildman–Crippen LogP) is 7.56. The lowest BCUT2D eigenvalue weighted by molar-refractivity contribution is 0.781. The number of rotatable bonds is 5. The van der Waals surface area contributed by atoms with Crippen LogP contribution in [-0.4, -0.2) is 13.7 Å². The van der Waals surface area contributed by atoms with Crippen molar-refractivity contribution in [3.05, 3.63) is 168 Å². The third-order valence-corrected chi connectivity index (χ3v) is 7.81. The van der Waals surface area contributed by atoms with Gasteiger partial charge in [-0.3, -0.25) is 0 Å². The molecule has 1 heterocycles. The molecule has 6 aromatic carbocycles. The van der Waals surface area contributed by atoms with E-state index in [-0.39, 0.29) is 6.04 Å². The van der Waals surface area contributed by atoms with Crippen LogP contribution in [0.1, 0.15) is 22.7 Å². The molecule has 1 N–H and O–H groups in total. The van der Waals surface area contributed by atoms with Crippen molar-refractivity contribution in [2.75, 3.05) is 0 Å². The minimum Gasteiger partial charge on any atom is -0.359 e. The van der Waals surface area contributed by atoms with Gasteiger partial charge in [-0.25, -0.2) is 4.99 Å². The van der Waals surface area contributed by atoms with E-state index in [0.29, 0.717) is 0 Å². The van der Waals surface area contributed by atoms with Gasteiger partial charge in [-0.05, 0) is 50.7 Å². The van der Waals surface area contributed by atoms with Gasteiger partial charge in [-0.2, -0.15) is 0 Å². The lowest BCUT2D eigenvalue weighted by Crippen LogP contribution is -2.31. The lowest BCUT2D eigenvalue weighted by Gasteiger charge is -2.25. The number of hydrogen-bond donors (Lipinski definition) is 1. The fourth-order valence-electron chi connectivity index (χ4n) is 5.66. The molecule has 0 amide bonds. The van der Waals surface area contributed by atoms with E-state index in [0.717, 1.165) is 22.7 Å². The van der Waals surface area contributed by atoms with Gasteiger partial charge in [0.15, 0.2) is 0 Å². The van der Waals surface area contributed by atoms with E-state index >= 15 is 0 Å². The van der Waals surface area contributed by atoms with Crippen molar-refractivity contribution < 1.29 is 0 Å². The Hall–Kier alpha value is -5.15. The zero-order valence-corrected chi connectivity index (χ0v) is 23.0. The van der Waals surface area contributed by atoms with Gasteiger partial charge in [0.25, 0.3) is 0 Å². The summed E-state index contributed by atoms with van der Waals surface area (Å²) in [6.07, 6.45) is 2.27. The Morgan fingerprint density at radius 1 is 0.512 bits per heavy atom. The zero-order chi connectivity index (χ0) is 27.6. The molecule has 41 heavy (non-hydrogen) atoms. The van der Waals surface area contributed by atoms with E-state index in [1.807, 2.05) is 6.07 Å². The average Bonchev–Trinajstić information content (AvgIpc) is 3.05. The topological polar surface area (TPSA) is 24.4 Å². The summed E-state index contributed by atoms with van der Waals surface area (Å²) in [6, 6.07) is 51.7. The molecule has 0 aromatic heterocycles. The molecule has 1 atom stereocenters. The van der Waals surface area contributed by atoms with Gasteiger partial charge in [-0.1, -0.05) is 145 Å². The first kappa shape index (κ1) is 24.9. The third-order valence-electron chi connectivity index (χ3n) is 7.81. The second kappa shape index (κ2) is 10.8. The summed E-state index contributed by atoms with van der Waals surface area (Å²) in [6.45, 7) is 0. The molecule has 7 rings (SSSR count). The average molecular weight is 524 g/mol. The number of aliphatic imine (C=N–C) groups is 1. The van der Waals surface area contributed by atoms with Gasteiger partial charge < -0.3 is 5.32 Å². The first-order valence-electron chi connectivity index (χ1n) is 14.1. The van der Waals surface area contributed by atoms with Crippen molar-refractivity contribution in [1.29, 1.82) is 0 Å². The Morgan fingerprint density at radius 2 is 1.12 bits per heavy atom. The molecule has 0 saturated carbocycles.